The molecule has 0 saturated carbocycles. The summed E-state index contributed by atoms with van der Waals surface area (Å²) in [5.74, 6) is -4.83. The number of aliphatic carboxylic acids is 2. The van der Waals surface area contributed by atoms with E-state index in [4.69, 9.17) is 29.5 Å². The van der Waals surface area contributed by atoms with E-state index in [0.717, 1.165) is 36.5 Å². The maximum absolute atomic E-state index is 13.3. The summed E-state index contributed by atoms with van der Waals surface area (Å²) in [7, 11) is 3.88. The average molecular weight is 637 g/mol. The molecular formula is C26H30F6N6O6. The molecule has 5 rings (SSSR count). The number of aromatic nitrogens is 3. The molecule has 1 amide bonds. The zero-order valence-corrected chi connectivity index (χ0v) is 23.7. The summed E-state index contributed by atoms with van der Waals surface area (Å²) in [6.07, 6.45) is -3.30. The number of halogens is 6. The number of fused-ring (bicyclic) bond motifs is 2. The molecule has 0 radical (unpaired) electrons. The number of ether oxygens (including phenoxy) is 1. The van der Waals surface area contributed by atoms with E-state index < -0.39 is 24.3 Å². The SMILES string of the molecule is CN(C)c1ncc2c(n1)C1(CCN(C(=O)c3cc(N4CCCC4)ccn3)C1)COC2.O=C(O)C(F)(F)F.O=C(O)C(F)(F)F. The fourth-order valence-corrected chi connectivity index (χ4v) is 4.83. The third kappa shape index (κ3) is 8.45. The number of nitrogens with zero attached hydrogens (tertiary/aromatic N) is 6. The number of amides is 1. The Balaban J connectivity index is 0.000000317. The summed E-state index contributed by atoms with van der Waals surface area (Å²) < 4.78 is 69.4. The Morgan fingerprint density at radius 2 is 1.57 bits per heavy atom. The monoisotopic (exact) mass is 636 g/mol. The number of carboxylic acids is 2. The van der Waals surface area contributed by atoms with Crippen molar-refractivity contribution in [1.29, 1.82) is 0 Å². The fourth-order valence-electron chi connectivity index (χ4n) is 4.83. The number of pyridine rings is 1. The third-order valence-electron chi connectivity index (χ3n) is 6.95. The van der Waals surface area contributed by atoms with Gasteiger partial charge in [0.1, 0.15) is 5.69 Å². The second-order valence-electron chi connectivity index (χ2n) is 10.4. The molecule has 1 atom stereocenters. The number of rotatable bonds is 3. The van der Waals surface area contributed by atoms with Crippen molar-refractivity contribution in [3.8, 4) is 0 Å². The quantitative estimate of drug-likeness (QED) is 0.479. The van der Waals surface area contributed by atoms with Crippen molar-refractivity contribution in [3.63, 3.8) is 0 Å². The smallest absolute Gasteiger partial charge is 0.475 e. The van der Waals surface area contributed by atoms with Gasteiger partial charge in [-0.2, -0.15) is 26.3 Å². The molecule has 2 fully saturated rings. The molecule has 2 saturated heterocycles. The molecule has 0 bridgehead atoms. The lowest BCUT2D eigenvalue weighted by molar-refractivity contribution is -0.193. The Kier molecular flexibility index (Phi) is 10.6. The molecule has 2 aromatic rings. The molecule has 2 aromatic heterocycles. The molecule has 5 heterocycles. The predicted octanol–water partition coefficient (Wildman–Crippen LogP) is 3.12. The number of hydrogen-bond acceptors (Lipinski definition) is 9. The van der Waals surface area contributed by atoms with Crippen LogP contribution >= 0.6 is 0 Å². The highest BCUT2D eigenvalue weighted by Crippen LogP contribution is 2.40. The van der Waals surface area contributed by atoms with E-state index in [2.05, 4.69) is 14.9 Å². The molecule has 242 valence electrons. The highest BCUT2D eigenvalue weighted by atomic mass is 19.4. The number of carboxylic acid groups (broad SMARTS) is 2. The van der Waals surface area contributed by atoms with Crippen molar-refractivity contribution in [2.75, 3.05) is 56.7 Å². The van der Waals surface area contributed by atoms with Crippen LogP contribution in [0.2, 0.25) is 0 Å². The largest absolute Gasteiger partial charge is 0.490 e. The summed E-state index contributed by atoms with van der Waals surface area (Å²) in [5, 5.41) is 14.2. The van der Waals surface area contributed by atoms with E-state index in [0.29, 0.717) is 37.9 Å². The lowest BCUT2D eigenvalue weighted by atomic mass is 9.80. The van der Waals surface area contributed by atoms with E-state index in [1.807, 2.05) is 42.2 Å². The molecule has 0 aromatic carbocycles. The molecule has 44 heavy (non-hydrogen) atoms. The summed E-state index contributed by atoms with van der Waals surface area (Å²) in [4.78, 5) is 50.9. The molecule has 3 aliphatic heterocycles. The van der Waals surface area contributed by atoms with Gasteiger partial charge in [0.15, 0.2) is 0 Å². The van der Waals surface area contributed by atoms with Crippen molar-refractivity contribution in [1.82, 2.24) is 19.9 Å². The van der Waals surface area contributed by atoms with Crippen LogP contribution in [0, 0.1) is 0 Å². The predicted molar refractivity (Wildman–Crippen MR) is 141 cm³/mol. The van der Waals surface area contributed by atoms with Gasteiger partial charge in [-0.1, -0.05) is 0 Å². The Labute approximate surface area is 247 Å². The standard InChI is InChI=1S/C22H28N6O2.2C2HF3O2/c1-26(2)21-24-12-16-13-30-15-22(19(16)25-21)6-10-28(14-22)20(29)18-11-17(5-7-23-18)27-8-3-4-9-27;2*3-2(4,5)1(6)7/h5,7,11-12H,3-4,6,8-10,13-15H2,1-2H3;2*(H,6,7). The second kappa shape index (κ2) is 13.6. The highest BCUT2D eigenvalue weighted by Gasteiger charge is 2.46. The average Bonchev–Trinajstić information content (AvgIpc) is 3.64. The Hall–Kier alpha value is -4.22. The summed E-state index contributed by atoms with van der Waals surface area (Å²) in [5.41, 5.74) is 3.39. The maximum atomic E-state index is 13.3. The molecular weight excluding hydrogens is 606 g/mol. The van der Waals surface area contributed by atoms with E-state index in [-0.39, 0.29) is 11.3 Å². The number of likely N-dealkylation sites (tertiary alicyclic amines) is 1. The topological polar surface area (TPSA) is 149 Å². The van der Waals surface area contributed by atoms with Gasteiger partial charge < -0.3 is 29.6 Å². The van der Waals surface area contributed by atoms with E-state index in [1.165, 1.54) is 12.8 Å². The highest BCUT2D eigenvalue weighted by molar-refractivity contribution is 5.93. The Morgan fingerprint density at radius 3 is 2.11 bits per heavy atom. The minimum atomic E-state index is -5.08. The van der Waals surface area contributed by atoms with Crippen molar-refractivity contribution < 1.29 is 55.7 Å². The van der Waals surface area contributed by atoms with Gasteiger partial charge >= 0.3 is 24.3 Å². The van der Waals surface area contributed by atoms with E-state index >= 15 is 0 Å². The van der Waals surface area contributed by atoms with Crippen molar-refractivity contribution >= 4 is 29.5 Å². The number of carbonyl (C=O) groups is 3. The molecule has 12 nitrogen and oxygen atoms in total. The van der Waals surface area contributed by atoms with Crippen LogP contribution in [0.1, 0.15) is 41.0 Å². The van der Waals surface area contributed by atoms with Gasteiger partial charge in [0.25, 0.3) is 5.91 Å². The van der Waals surface area contributed by atoms with Crippen molar-refractivity contribution in [2.45, 2.75) is 43.6 Å². The van der Waals surface area contributed by atoms with Crippen LogP contribution in [-0.2, 0) is 26.3 Å². The van der Waals surface area contributed by atoms with Gasteiger partial charge in [-0.05, 0) is 31.4 Å². The second-order valence-corrected chi connectivity index (χ2v) is 10.4. The number of carbonyl (C=O) groups excluding carboxylic acids is 1. The third-order valence-corrected chi connectivity index (χ3v) is 6.95. The zero-order chi connectivity index (χ0) is 32.9. The number of hydrogen-bond donors (Lipinski definition) is 2. The van der Waals surface area contributed by atoms with E-state index in [9.17, 15) is 31.1 Å². The van der Waals surface area contributed by atoms with Crippen LogP contribution in [0.3, 0.4) is 0 Å². The van der Waals surface area contributed by atoms with Crippen molar-refractivity contribution in [3.05, 3.63) is 41.5 Å². The molecule has 3 aliphatic rings. The molecule has 0 aliphatic carbocycles. The Morgan fingerprint density at radius 1 is 0.977 bits per heavy atom. The minimum absolute atomic E-state index is 0.0121. The summed E-state index contributed by atoms with van der Waals surface area (Å²) >= 11 is 0. The van der Waals surface area contributed by atoms with Crippen LogP contribution in [-0.4, -0.2) is 107 Å². The summed E-state index contributed by atoms with van der Waals surface area (Å²) in [6, 6.07) is 3.94. The minimum Gasteiger partial charge on any atom is -0.475 e. The first-order valence-corrected chi connectivity index (χ1v) is 13.2. The lowest BCUT2D eigenvalue weighted by Crippen LogP contribution is -2.42. The normalized spacial score (nSPS) is 19.4. The first-order valence-electron chi connectivity index (χ1n) is 13.2. The maximum Gasteiger partial charge on any atom is 0.490 e. The summed E-state index contributed by atoms with van der Waals surface area (Å²) in [6.45, 7) is 4.48. The van der Waals surface area contributed by atoms with Crippen LogP contribution in [0.25, 0.3) is 0 Å². The molecule has 1 unspecified atom stereocenters. The fraction of sp³-hybridized carbons (Fsp3) is 0.538. The van der Waals surface area contributed by atoms with Gasteiger partial charge in [0, 0.05) is 63.9 Å². The van der Waals surface area contributed by atoms with Crippen LogP contribution in [0.5, 0.6) is 0 Å². The number of alkyl halides is 6. The van der Waals surface area contributed by atoms with Crippen LogP contribution < -0.4 is 9.80 Å². The zero-order valence-electron chi connectivity index (χ0n) is 23.7. The van der Waals surface area contributed by atoms with Gasteiger partial charge in [0.05, 0.1) is 24.3 Å². The Bertz CT molecular complexity index is 1330. The first-order chi connectivity index (χ1) is 20.4. The van der Waals surface area contributed by atoms with Gasteiger partial charge in [-0.3, -0.25) is 9.78 Å². The van der Waals surface area contributed by atoms with Gasteiger partial charge in [-0.15, -0.1) is 0 Å². The van der Waals surface area contributed by atoms with E-state index in [1.54, 1.807) is 6.20 Å². The molecule has 2 N–H and O–H groups in total. The first kappa shape index (κ1) is 34.3. The number of anilines is 2. The van der Waals surface area contributed by atoms with Gasteiger partial charge in [0.2, 0.25) is 5.95 Å². The molecule has 1 spiro atoms. The lowest BCUT2D eigenvalue weighted by Gasteiger charge is -2.34. The van der Waals surface area contributed by atoms with Crippen LogP contribution in [0.4, 0.5) is 38.0 Å². The van der Waals surface area contributed by atoms with Crippen LogP contribution in [0.15, 0.2) is 24.5 Å². The van der Waals surface area contributed by atoms with Gasteiger partial charge in [-0.25, -0.2) is 19.6 Å². The molecule has 18 heteroatoms. The van der Waals surface area contributed by atoms with Crippen molar-refractivity contribution in [2.24, 2.45) is 0 Å².